The lowest BCUT2D eigenvalue weighted by Gasteiger charge is -2.55. The zero-order valence-electron chi connectivity index (χ0n) is 21.6. The van der Waals surface area contributed by atoms with Gasteiger partial charge in [-0.25, -0.2) is 0 Å². The highest BCUT2D eigenvalue weighted by Crippen LogP contribution is 2.62. The normalized spacial score (nSPS) is 43.6. The number of aliphatic hydroxyl groups excluding tert-OH is 2. The molecule has 0 saturated heterocycles. The van der Waals surface area contributed by atoms with E-state index in [4.69, 9.17) is 0 Å². The summed E-state index contributed by atoms with van der Waals surface area (Å²) in [5.41, 5.74) is 0.220. The van der Waals surface area contributed by atoms with Gasteiger partial charge >= 0.3 is 0 Å². The first kappa shape index (κ1) is 24.9. The van der Waals surface area contributed by atoms with Crippen LogP contribution in [0, 0.1) is 28.1 Å². The third-order valence-corrected chi connectivity index (χ3v) is 10.9. The predicted octanol–water partition coefficient (Wildman–Crippen LogP) is 4.38. The van der Waals surface area contributed by atoms with E-state index >= 15 is 0 Å². The number of rotatable bonds is 3. The van der Waals surface area contributed by atoms with Crippen molar-refractivity contribution in [3.05, 3.63) is 46.1 Å². The second-order valence-electron chi connectivity index (χ2n) is 12.5. The molecule has 0 aromatic heterocycles. The summed E-state index contributed by atoms with van der Waals surface area (Å²) >= 11 is 0. The first-order valence-corrected chi connectivity index (χ1v) is 13.4. The van der Waals surface area contributed by atoms with Gasteiger partial charge < -0.3 is 15.3 Å². The monoisotopic (exact) mass is 480 g/mol. The van der Waals surface area contributed by atoms with Crippen molar-refractivity contribution in [1.29, 1.82) is 0 Å². The second-order valence-corrected chi connectivity index (χ2v) is 12.5. The first-order valence-electron chi connectivity index (χ1n) is 13.4. The Morgan fingerprint density at radius 2 is 1.49 bits per heavy atom. The summed E-state index contributed by atoms with van der Waals surface area (Å²) in [5.74, 6) is 0.443. The highest BCUT2D eigenvalue weighted by molar-refractivity contribution is 6.13. The average molecular weight is 481 g/mol. The summed E-state index contributed by atoms with van der Waals surface area (Å²) in [5, 5.41) is 32.9. The average Bonchev–Trinajstić information content (AvgIpc) is 2.82. The van der Waals surface area contributed by atoms with Crippen LogP contribution in [0.15, 0.2) is 46.1 Å². The molecule has 0 spiro atoms. The Labute approximate surface area is 208 Å². The van der Waals surface area contributed by atoms with Gasteiger partial charge in [0.15, 0.2) is 11.6 Å². The number of fused-ring (bicyclic) bond motifs is 2. The quantitative estimate of drug-likeness (QED) is 0.557. The van der Waals surface area contributed by atoms with Gasteiger partial charge in [0.05, 0.1) is 13.2 Å². The third kappa shape index (κ3) is 3.24. The van der Waals surface area contributed by atoms with Gasteiger partial charge in [-0.3, -0.25) is 9.59 Å². The highest BCUT2D eigenvalue weighted by atomic mass is 16.3. The molecule has 0 radical (unpaired) electrons. The number of ketones is 2. The van der Waals surface area contributed by atoms with Crippen LogP contribution in [0.1, 0.15) is 79.1 Å². The van der Waals surface area contributed by atoms with Gasteiger partial charge in [0.2, 0.25) is 0 Å². The van der Waals surface area contributed by atoms with Gasteiger partial charge in [0.1, 0.15) is 5.60 Å². The minimum Gasteiger partial charge on any atom is -0.395 e. The fourth-order valence-electron chi connectivity index (χ4n) is 7.93. The molecule has 0 bridgehead atoms. The Balaban J connectivity index is 1.73. The van der Waals surface area contributed by atoms with E-state index in [-0.39, 0.29) is 35.9 Å². The number of aliphatic hydroxyl groups is 3. The molecule has 0 aromatic carbocycles. The number of carbonyl (C=O) groups is 2. The fraction of sp³-hybridized carbons (Fsp3) is 0.667. The highest BCUT2D eigenvalue weighted by Gasteiger charge is 2.59. The molecular weight excluding hydrogens is 440 g/mol. The number of Topliss-reactive ketones (excluding diaryl/α,β-unsaturated/α-hetero) is 1. The molecule has 35 heavy (non-hydrogen) atoms. The standard InChI is InChI=1S/C30H40O5/c1-18-7-5-9-21-24(33)13-20(14-27(18,21)3)29(16-31)11-12-30(35,17-32)23-15-28(4)19(2)8-6-10-22(28)26(34)25(23)29/h9-10,13,18-19,31-32,35H,5-8,11-12,14-17H2,1-4H3/t18-,19-,27+,28+,29+,30-/m0/s1. The smallest absolute Gasteiger partial charge is 0.186 e. The van der Waals surface area contributed by atoms with E-state index in [1.54, 1.807) is 6.08 Å². The summed E-state index contributed by atoms with van der Waals surface area (Å²) < 4.78 is 0. The van der Waals surface area contributed by atoms with Crippen molar-refractivity contribution >= 4 is 11.6 Å². The van der Waals surface area contributed by atoms with E-state index in [1.807, 2.05) is 6.08 Å². The van der Waals surface area contributed by atoms with E-state index in [9.17, 15) is 24.9 Å². The summed E-state index contributed by atoms with van der Waals surface area (Å²) in [6.45, 7) is 7.85. The first-order chi connectivity index (χ1) is 16.5. The van der Waals surface area contributed by atoms with Crippen LogP contribution < -0.4 is 0 Å². The molecular formula is C30H40O5. The maximum Gasteiger partial charge on any atom is 0.186 e. The van der Waals surface area contributed by atoms with Crippen LogP contribution in [0.4, 0.5) is 0 Å². The SMILES string of the molecule is C[C@H]1CCC=C2C(=O)C=C([C@]3(CO)CC[C@](O)(CO)C4=C3C(=O)C3=CCC[C@H](C)[C@@]3(C)C4)C[C@@]21C. The fourth-order valence-corrected chi connectivity index (χ4v) is 7.93. The van der Waals surface area contributed by atoms with Crippen molar-refractivity contribution in [3.8, 4) is 0 Å². The molecule has 0 saturated carbocycles. The lowest BCUT2D eigenvalue weighted by atomic mass is 9.48. The molecule has 0 heterocycles. The van der Waals surface area contributed by atoms with Crippen molar-refractivity contribution in [2.24, 2.45) is 28.1 Å². The Hall–Kier alpha value is -1.82. The number of hydrogen-bond donors (Lipinski definition) is 3. The molecule has 5 nitrogen and oxygen atoms in total. The third-order valence-electron chi connectivity index (χ3n) is 10.9. The molecule has 5 rings (SSSR count). The zero-order chi connectivity index (χ0) is 25.4. The second kappa shape index (κ2) is 8.09. The molecule has 5 aliphatic rings. The molecule has 3 N–H and O–H groups in total. The summed E-state index contributed by atoms with van der Waals surface area (Å²) in [6.07, 6.45) is 11.2. The molecule has 0 aliphatic heterocycles. The van der Waals surface area contributed by atoms with Gasteiger partial charge in [-0.1, -0.05) is 45.4 Å². The minimum absolute atomic E-state index is 0.0168. The minimum atomic E-state index is -1.48. The number of hydrogen-bond acceptors (Lipinski definition) is 5. The van der Waals surface area contributed by atoms with E-state index < -0.39 is 23.0 Å². The van der Waals surface area contributed by atoms with Crippen molar-refractivity contribution in [2.45, 2.75) is 84.7 Å². The Morgan fingerprint density at radius 3 is 2.09 bits per heavy atom. The van der Waals surface area contributed by atoms with E-state index in [0.29, 0.717) is 36.3 Å². The van der Waals surface area contributed by atoms with Crippen LogP contribution >= 0.6 is 0 Å². The summed E-state index contributed by atoms with van der Waals surface area (Å²) in [6, 6.07) is 0. The molecule has 0 aromatic rings. The Morgan fingerprint density at radius 1 is 0.886 bits per heavy atom. The topological polar surface area (TPSA) is 94.8 Å². The van der Waals surface area contributed by atoms with Crippen LogP contribution in [-0.4, -0.2) is 45.7 Å². The van der Waals surface area contributed by atoms with Crippen LogP contribution in [0.25, 0.3) is 0 Å². The van der Waals surface area contributed by atoms with Gasteiger partial charge in [-0.2, -0.15) is 0 Å². The lowest BCUT2D eigenvalue weighted by molar-refractivity contribution is -0.118. The largest absolute Gasteiger partial charge is 0.395 e. The van der Waals surface area contributed by atoms with E-state index in [1.165, 1.54) is 0 Å². The van der Waals surface area contributed by atoms with E-state index in [2.05, 4.69) is 33.8 Å². The Kier molecular flexibility index (Phi) is 5.75. The van der Waals surface area contributed by atoms with Crippen LogP contribution in [-0.2, 0) is 9.59 Å². The predicted molar refractivity (Wildman–Crippen MR) is 134 cm³/mol. The van der Waals surface area contributed by atoms with Crippen LogP contribution in [0.2, 0.25) is 0 Å². The molecule has 0 unspecified atom stereocenters. The van der Waals surface area contributed by atoms with Gasteiger partial charge in [-0.15, -0.1) is 0 Å². The molecule has 0 fully saturated rings. The van der Waals surface area contributed by atoms with Crippen molar-refractivity contribution in [3.63, 3.8) is 0 Å². The van der Waals surface area contributed by atoms with E-state index in [0.717, 1.165) is 42.4 Å². The molecule has 5 heteroatoms. The number of allylic oxidation sites excluding steroid dienone is 5. The number of carbonyl (C=O) groups excluding carboxylic acids is 2. The molecule has 6 atom stereocenters. The molecule has 0 amide bonds. The lowest BCUT2D eigenvalue weighted by Crippen LogP contribution is -2.54. The maximum atomic E-state index is 14.3. The molecule has 190 valence electrons. The maximum absolute atomic E-state index is 14.3. The van der Waals surface area contributed by atoms with Gasteiger partial charge in [0, 0.05) is 33.0 Å². The summed E-state index contributed by atoms with van der Waals surface area (Å²) in [4.78, 5) is 27.7. The molecule has 5 aliphatic carbocycles. The van der Waals surface area contributed by atoms with Gasteiger partial charge in [0.25, 0.3) is 0 Å². The Bertz CT molecular complexity index is 1110. The summed E-state index contributed by atoms with van der Waals surface area (Å²) in [7, 11) is 0. The zero-order valence-corrected chi connectivity index (χ0v) is 21.6. The van der Waals surface area contributed by atoms with Crippen LogP contribution in [0.3, 0.4) is 0 Å². The van der Waals surface area contributed by atoms with Crippen molar-refractivity contribution in [2.75, 3.05) is 13.2 Å². The van der Waals surface area contributed by atoms with Crippen LogP contribution in [0.5, 0.6) is 0 Å². The van der Waals surface area contributed by atoms with Crippen molar-refractivity contribution in [1.82, 2.24) is 0 Å². The van der Waals surface area contributed by atoms with Gasteiger partial charge in [-0.05, 0) is 74.9 Å². The van der Waals surface area contributed by atoms with Crippen molar-refractivity contribution < 1.29 is 24.9 Å².